The van der Waals surface area contributed by atoms with Crippen LogP contribution in [0.3, 0.4) is 0 Å². The number of carbonyl (C=O) groups excluding carboxylic acids is 1. The van der Waals surface area contributed by atoms with E-state index >= 15 is 0 Å². The highest BCUT2D eigenvalue weighted by Gasteiger charge is 2.25. The van der Waals surface area contributed by atoms with Crippen LogP contribution in [-0.2, 0) is 16.0 Å². The van der Waals surface area contributed by atoms with E-state index in [4.69, 9.17) is 4.42 Å². The standard InChI is InChI=1S/C17H19FN2O4/c1-3-10(2)15(17(22)23)20-14(21)8-13-9-24-16(19-13)11-4-6-12(18)7-5-11/h4-7,9-10,15H,3,8H2,1-2H3,(H,20,21)(H,22,23)/t10-,15-/m0/s1. The van der Waals surface area contributed by atoms with Gasteiger partial charge in [-0.05, 0) is 30.2 Å². The van der Waals surface area contributed by atoms with Crippen LogP contribution in [-0.4, -0.2) is 28.0 Å². The van der Waals surface area contributed by atoms with E-state index in [0.29, 0.717) is 17.7 Å². The molecule has 0 saturated carbocycles. The molecule has 2 N–H and O–H groups in total. The molecule has 0 aliphatic rings. The van der Waals surface area contributed by atoms with E-state index in [9.17, 15) is 19.1 Å². The predicted octanol–water partition coefficient (Wildman–Crippen LogP) is 2.64. The number of nitrogens with zero attached hydrogens (tertiary/aromatic N) is 1. The molecular formula is C17H19FN2O4. The van der Waals surface area contributed by atoms with Gasteiger partial charge in [0.15, 0.2) is 0 Å². The second kappa shape index (κ2) is 7.72. The van der Waals surface area contributed by atoms with Crippen molar-refractivity contribution in [2.75, 3.05) is 0 Å². The molecule has 1 amide bonds. The van der Waals surface area contributed by atoms with Crippen LogP contribution >= 0.6 is 0 Å². The third kappa shape index (κ3) is 4.41. The van der Waals surface area contributed by atoms with Crippen LogP contribution in [0.4, 0.5) is 4.39 Å². The molecule has 128 valence electrons. The van der Waals surface area contributed by atoms with Gasteiger partial charge in [0.2, 0.25) is 11.8 Å². The number of benzene rings is 1. The summed E-state index contributed by atoms with van der Waals surface area (Å²) in [5.41, 5.74) is 0.964. The molecule has 0 unspecified atom stereocenters. The number of halogens is 1. The Morgan fingerprint density at radius 1 is 1.33 bits per heavy atom. The predicted molar refractivity (Wildman–Crippen MR) is 84.6 cm³/mol. The van der Waals surface area contributed by atoms with Gasteiger partial charge in [-0.2, -0.15) is 0 Å². The maximum Gasteiger partial charge on any atom is 0.326 e. The molecular weight excluding hydrogens is 315 g/mol. The van der Waals surface area contributed by atoms with E-state index in [1.54, 1.807) is 6.92 Å². The Balaban J connectivity index is 2.02. The van der Waals surface area contributed by atoms with Crippen molar-refractivity contribution in [3.63, 3.8) is 0 Å². The Morgan fingerprint density at radius 2 is 2.00 bits per heavy atom. The van der Waals surface area contributed by atoms with Crippen molar-refractivity contribution in [1.29, 1.82) is 0 Å². The van der Waals surface area contributed by atoms with Gasteiger partial charge in [0, 0.05) is 5.56 Å². The van der Waals surface area contributed by atoms with Crippen molar-refractivity contribution in [3.8, 4) is 11.5 Å². The van der Waals surface area contributed by atoms with Gasteiger partial charge in [0.1, 0.15) is 18.1 Å². The van der Waals surface area contributed by atoms with Crippen LogP contribution < -0.4 is 5.32 Å². The van der Waals surface area contributed by atoms with Crippen molar-refractivity contribution in [1.82, 2.24) is 10.3 Å². The van der Waals surface area contributed by atoms with Gasteiger partial charge in [-0.3, -0.25) is 4.79 Å². The van der Waals surface area contributed by atoms with E-state index < -0.39 is 17.9 Å². The highest BCUT2D eigenvalue weighted by atomic mass is 19.1. The van der Waals surface area contributed by atoms with Crippen LogP contribution in [0.5, 0.6) is 0 Å². The van der Waals surface area contributed by atoms with Gasteiger partial charge in [0.25, 0.3) is 0 Å². The zero-order chi connectivity index (χ0) is 17.7. The van der Waals surface area contributed by atoms with E-state index in [2.05, 4.69) is 10.3 Å². The van der Waals surface area contributed by atoms with Crippen molar-refractivity contribution >= 4 is 11.9 Å². The number of hydrogen-bond donors (Lipinski definition) is 2. The average molecular weight is 334 g/mol. The number of carboxylic acids is 1. The number of oxazole rings is 1. The number of rotatable bonds is 7. The molecule has 1 heterocycles. The molecule has 2 atom stereocenters. The number of amides is 1. The molecule has 2 aromatic rings. The Kier molecular flexibility index (Phi) is 5.68. The lowest BCUT2D eigenvalue weighted by atomic mass is 9.99. The summed E-state index contributed by atoms with van der Waals surface area (Å²) in [6.07, 6.45) is 1.87. The first kappa shape index (κ1) is 17.7. The van der Waals surface area contributed by atoms with Crippen LogP contribution in [0, 0.1) is 11.7 Å². The van der Waals surface area contributed by atoms with Gasteiger partial charge in [-0.25, -0.2) is 14.2 Å². The molecule has 0 saturated heterocycles. The van der Waals surface area contributed by atoms with Gasteiger partial charge in [0.05, 0.1) is 12.1 Å². The minimum absolute atomic E-state index is 0.0924. The van der Waals surface area contributed by atoms with Crippen LogP contribution in [0.2, 0.25) is 0 Å². The molecule has 6 nitrogen and oxygen atoms in total. The summed E-state index contributed by atoms with van der Waals surface area (Å²) in [5.74, 6) is -1.78. The highest BCUT2D eigenvalue weighted by Crippen LogP contribution is 2.19. The number of carbonyl (C=O) groups is 2. The first-order valence-corrected chi connectivity index (χ1v) is 7.63. The number of aromatic nitrogens is 1. The molecule has 0 radical (unpaired) electrons. The summed E-state index contributed by atoms with van der Waals surface area (Å²) in [6.45, 7) is 3.63. The van der Waals surface area contributed by atoms with Crippen molar-refractivity contribution in [2.45, 2.75) is 32.7 Å². The van der Waals surface area contributed by atoms with E-state index in [0.717, 1.165) is 0 Å². The van der Waals surface area contributed by atoms with E-state index in [1.807, 2.05) is 6.92 Å². The van der Waals surface area contributed by atoms with Gasteiger partial charge in [-0.15, -0.1) is 0 Å². The van der Waals surface area contributed by atoms with E-state index in [1.165, 1.54) is 30.5 Å². The number of hydrogen-bond acceptors (Lipinski definition) is 4. The summed E-state index contributed by atoms with van der Waals surface area (Å²) in [5, 5.41) is 11.7. The molecule has 1 aromatic carbocycles. The first-order chi connectivity index (χ1) is 11.4. The van der Waals surface area contributed by atoms with Crippen LogP contribution in [0.25, 0.3) is 11.5 Å². The maximum atomic E-state index is 12.9. The summed E-state index contributed by atoms with van der Waals surface area (Å²) in [4.78, 5) is 27.4. The Morgan fingerprint density at radius 3 is 2.58 bits per heavy atom. The second-order valence-electron chi connectivity index (χ2n) is 5.60. The molecule has 0 aliphatic carbocycles. The van der Waals surface area contributed by atoms with Crippen LogP contribution in [0.1, 0.15) is 26.0 Å². The summed E-state index contributed by atoms with van der Waals surface area (Å²) in [6, 6.07) is 4.68. The second-order valence-corrected chi connectivity index (χ2v) is 5.60. The number of carboxylic acid groups (broad SMARTS) is 1. The lowest BCUT2D eigenvalue weighted by molar-refractivity contribution is -0.143. The molecule has 7 heteroatoms. The number of aliphatic carboxylic acids is 1. The molecule has 0 bridgehead atoms. The molecule has 2 rings (SSSR count). The molecule has 0 fully saturated rings. The smallest absolute Gasteiger partial charge is 0.326 e. The lowest BCUT2D eigenvalue weighted by Gasteiger charge is -2.19. The minimum atomic E-state index is -1.06. The first-order valence-electron chi connectivity index (χ1n) is 7.63. The fraction of sp³-hybridized carbons (Fsp3) is 0.353. The molecule has 24 heavy (non-hydrogen) atoms. The third-order valence-corrected chi connectivity index (χ3v) is 3.78. The SMILES string of the molecule is CC[C@H](C)[C@H](NC(=O)Cc1coc(-c2ccc(F)cc2)n1)C(=O)O. The van der Waals surface area contributed by atoms with E-state index in [-0.39, 0.29) is 24.0 Å². The zero-order valence-electron chi connectivity index (χ0n) is 13.5. The fourth-order valence-electron chi connectivity index (χ4n) is 2.19. The minimum Gasteiger partial charge on any atom is -0.480 e. The Hall–Kier alpha value is -2.70. The van der Waals surface area contributed by atoms with Gasteiger partial charge < -0.3 is 14.8 Å². The quantitative estimate of drug-likeness (QED) is 0.812. The summed E-state index contributed by atoms with van der Waals surface area (Å²) < 4.78 is 18.2. The topological polar surface area (TPSA) is 92.4 Å². The summed E-state index contributed by atoms with van der Waals surface area (Å²) in [7, 11) is 0. The lowest BCUT2D eigenvalue weighted by Crippen LogP contribution is -2.45. The molecule has 0 aliphatic heterocycles. The maximum absolute atomic E-state index is 12.9. The molecule has 0 spiro atoms. The molecule has 1 aromatic heterocycles. The average Bonchev–Trinajstić information content (AvgIpc) is 3.00. The highest BCUT2D eigenvalue weighted by molar-refractivity contribution is 5.84. The Bertz CT molecular complexity index is 712. The van der Waals surface area contributed by atoms with Gasteiger partial charge in [-0.1, -0.05) is 20.3 Å². The van der Waals surface area contributed by atoms with Crippen LogP contribution in [0.15, 0.2) is 34.9 Å². The number of nitrogens with one attached hydrogen (secondary N) is 1. The monoisotopic (exact) mass is 334 g/mol. The Labute approximate surface area is 138 Å². The van der Waals surface area contributed by atoms with Gasteiger partial charge >= 0.3 is 5.97 Å². The third-order valence-electron chi connectivity index (χ3n) is 3.78. The summed E-state index contributed by atoms with van der Waals surface area (Å²) >= 11 is 0. The zero-order valence-corrected chi connectivity index (χ0v) is 13.5. The largest absolute Gasteiger partial charge is 0.480 e. The fourth-order valence-corrected chi connectivity index (χ4v) is 2.19. The van der Waals surface area contributed by atoms with Crippen molar-refractivity contribution < 1.29 is 23.5 Å². The van der Waals surface area contributed by atoms with Crippen molar-refractivity contribution in [3.05, 3.63) is 42.0 Å². The van der Waals surface area contributed by atoms with Crippen molar-refractivity contribution in [2.24, 2.45) is 5.92 Å². The normalized spacial score (nSPS) is 13.3.